The number of carbonyl (C=O) groups is 1. The number of hydrogen-bond acceptors (Lipinski definition) is 4. The Kier molecular flexibility index (Phi) is 4.80. The zero-order valence-electron chi connectivity index (χ0n) is 12.0. The third kappa shape index (κ3) is 3.72. The van der Waals surface area contributed by atoms with Gasteiger partial charge in [0, 0.05) is 10.6 Å². The Labute approximate surface area is 126 Å². The van der Waals surface area contributed by atoms with Crippen molar-refractivity contribution in [3.8, 4) is 0 Å². The molecule has 3 N–H and O–H groups in total. The van der Waals surface area contributed by atoms with Gasteiger partial charge in [-0.3, -0.25) is 9.00 Å². The second-order valence-electron chi connectivity index (χ2n) is 4.76. The molecule has 0 aliphatic carbocycles. The number of nitrogen functional groups attached to an aromatic ring is 1. The van der Waals surface area contributed by atoms with Crippen molar-refractivity contribution < 1.29 is 13.4 Å². The van der Waals surface area contributed by atoms with E-state index in [2.05, 4.69) is 5.32 Å². The molecule has 0 spiro atoms. The van der Waals surface area contributed by atoms with Crippen molar-refractivity contribution in [3.63, 3.8) is 0 Å². The van der Waals surface area contributed by atoms with Gasteiger partial charge in [0.05, 0.1) is 23.6 Å². The lowest BCUT2D eigenvalue weighted by Gasteiger charge is -2.12. The second kappa shape index (κ2) is 6.58. The second-order valence-corrected chi connectivity index (χ2v) is 6.53. The molecule has 2 atom stereocenters. The Bertz CT molecular complexity index is 653. The van der Waals surface area contributed by atoms with E-state index in [0.717, 1.165) is 5.56 Å². The fraction of sp³-hybridized carbons (Fsp3) is 0.267. The molecule has 0 fully saturated rings. The Morgan fingerprint density at radius 3 is 2.81 bits per heavy atom. The van der Waals surface area contributed by atoms with Crippen LogP contribution in [0.1, 0.15) is 18.2 Å². The lowest BCUT2D eigenvalue weighted by Crippen LogP contribution is -2.35. The van der Waals surface area contributed by atoms with Gasteiger partial charge in [0.25, 0.3) is 0 Å². The smallest absolute Gasteiger partial charge is 0.236 e. The van der Waals surface area contributed by atoms with Crippen LogP contribution in [-0.2, 0) is 22.1 Å². The zero-order chi connectivity index (χ0) is 15.4. The van der Waals surface area contributed by atoms with E-state index in [1.807, 2.05) is 6.92 Å². The van der Waals surface area contributed by atoms with E-state index >= 15 is 0 Å². The summed E-state index contributed by atoms with van der Waals surface area (Å²) in [7, 11) is -1.42. The molecule has 0 bridgehead atoms. The van der Waals surface area contributed by atoms with Crippen molar-refractivity contribution in [2.75, 3.05) is 5.73 Å². The van der Waals surface area contributed by atoms with Crippen molar-refractivity contribution in [3.05, 3.63) is 47.9 Å². The summed E-state index contributed by atoms with van der Waals surface area (Å²) in [5.41, 5.74) is 7.23. The number of furan rings is 1. The van der Waals surface area contributed by atoms with Crippen LogP contribution in [0.3, 0.4) is 0 Å². The molecule has 0 radical (unpaired) electrons. The molecule has 5 nitrogen and oxygen atoms in total. The fourth-order valence-corrected chi connectivity index (χ4v) is 2.99. The van der Waals surface area contributed by atoms with Gasteiger partial charge in [0.2, 0.25) is 5.91 Å². The lowest BCUT2D eigenvalue weighted by atomic mass is 10.2. The summed E-state index contributed by atoms with van der Waals surface area (Å²) in [4.78, 5) is 12.6. The number of amides is 1. The van der Waals surface area contributed by atoms with Gasteiger partial charge >= 0.3 is 0 Å². The van der Waals surface area contributed by atoms with Crippen molar-refractivity contribution in [1.29, 1.82) is 0 Å². The van der Waals surface area contributed by atoms with Gasteiger partial charge in [0.15, 0.2) is 0 Å². The molecular formula is C15H18N2O3S. The molecule has 6 heteroatoms. The Hall–Kier alpha value is -2.08. The van der Waals surface area contributed by atoms with Crippen molar-refractivity contribution in [1.82, 2.24) is 5.32 Å². The molecule has 1 amide bonds. The number of aryl methyl sites for hydroxylation is 1. The Balaban J connectivity index is 2.00. The maximum Gasteiger partial charge on any atom is 0.236 e. The summed E-state index contributed by atoms with van der Waals surface area (Å²) in [6, 6.07) is 8.66. The van der Waals surface area contributed by atoms with Crippen molar-refractivity contribution >= 4 is 22.4 Å². The van der Waals surface area contributed by atoms with Crippen LogP contribution in [0.5, 0.6) is 0 Å². The highest BCUT2D eigenvalue weighted by Crippen LogP contribution is 2.18. The molecular weight excluding hydrogens is 288 g/mol. The first-order valence-electron chi connectivity index (χ1n) is 6.56. The quantitative estimate of drug-likeness (QED) is 0.827. The number of hydrogen-bond donors (Lipinski definition) is 2. The topological polar surface area (TPSA) is 85.3 Å². The number of anilines is 1. The molecule has 2 unspecified atom stereocenters. The number of rotatable bonds is 5. The van der Waals surface area contributed by atoms with E-state index in [-0.39, 0.29) is 12.5 Å². The van der Waals surface area contributed by atoms with Crippen LogP contribution in [0.15, 0.2) is 45.9 Å². The van der Waals surface area contributed by atoms with E-state index in [0.29, 0.717) is 16.3 Å². The van der Waals surface area contributed by atoms with Gasteiger partial charge in [-0.25, -0.2) is 0 Å². The van der Waals surface area contributed by atoms with Crippen molar-refractivity contribution in [2.24, 2.45) is 0 Å². The van der Waals surface area contributed by atoms with E-state index in [4.69, 9.17) is 10.2 Å². The fourth-order valence-electron chi connectivity index (χ4n) is 1.81. The maximum atomic E-state index is 12.4. The largest absolute Gasteiger partial charge is 0.467 e. The maximum absolute atomic E-state index is 12.4. The van der Waals surface area contributed by atoms with Crippen LogP contribution in [0.2, 0.25) is 0 Å². The van der Waals surface area contributed by atoms with E-state index < -0.39 is 16.0 Å². The number of nitrogens with one attached hydrogen (secondary N) is 1. The van der Waals surface area contributed by atoms with Gasteiger partial charge < -0.3 is 15.5 Å². The predicted octanol–water partition coefficient (Wildman–Crippen LogP) is 1.98. The highest BCUT2D eigenvalue weighted by molar-refractivity contribution is 7.86. The van der Waals surface area contributed by atoms with Crippen LogP contribution >= 0.6 is 0 Å². The summed E-state index contributed by atoms with van der Waals surface area (Å²) < 4.78 is 17.5. The van der Waals surface area contributed by atoms with Crippen LogP contribution in [0, 0.1) is 6.92 Å². The summed E-state index contributed by atoms with van der Waals surface area (Å²) in [6.45, 7) is 3.77. The van der Waals surface area contributed by atoms with Crippen LogP contribution in [0.4, 0.5) is 5.69 Å². The molecule has 2 aromatic rings. The first kappa shape index (κ1) is 15.3. The average molecular weight is 306 g/mol. The molecule has 0 aliphatic heterocycles. The number of nitrogens with two attached hydrogens (primary N) is 1. The van der Waals surface area contributed by atoms with Gasteiger partial charge in [-0.05, 0) is 49.7 Å². The molecule has 0 saturated heterocycles. The lowest BCUT2D eigenvalue weighted by molar-refractivity contribution is -0.120. The normalized spacial score (nSPS) is 13.6. The minimum absolute atomic E-state index is 0.279. The molecule has 112 valence electrons. The standard InChI is InChI=1S/C15H18N2O3S/c1-10-8-13(5-6-14(10)16)21(19)11(2)15(18)17-9-12-4-3-7-20-12/h3-8,11H,9,16H2,1-2H3,(H,17,18). The van der Waals surface area contributed by atoms with Crippen LogP contribution in [0.25, 0.3) is 0 Å². The summed E-state index contributed by atoms with van der Waals surface area (Å²) in [5, 5.41) is 2.06. The highest BCUT2D eigenvalue weighted by Gasteiger charge is 2.21. The van der Waals surface area contributed by atoms with E-state index in [1.165, 1.54) is 0 Å². The molecule has 1 aromatic carbocycles. The van der Waals surface area contributed by atoms with Gasteiger partial charge in [0.1, 0.15) is 11.0 Å². The average Bonchev–Trinajstić information content (AvgIpc) is 2.99. The van der Waals surface area contributed by atoms with Gasteiger partial charge in [-0.2, -0.15) is 0 Å². The third-order valence-corrected chi connectivity index (χ3v) is 4.76. The first-order chi connectivity index (χ1) is 9.99. The third-order valence-electron chi connectivity index (χ3n) is 3.18. The summed E-state index contributed by atoms with van der Waals surface area (Å²) in [6.07, 6.45) is 1.54. The van der Waals surface area contributed by atoms with Crippen molar-refractivity contribution in [2.45, 2.75) is 30.5 Å². The molecule has 1 heterocycles. The number of benzene rings is 1. The van der Waals surface area contributed by atoms with Gasteiger partial charge in [-0.15, -0.1) is 0 Å². The summed E-state index contributed by atoms with van der Waals surface area (Å²) >= 11 is 0. The Morgan fingerprint density at radius 1 is 1.43 bits per heavy atom. The highest BCUT2D eigenvalue weighted by atomic mass is 32.2. The minimum Gasteiger partial charge on any atom is -0.467 e. The predicted molar refractivity (Wildman–Crippen MR) is 82.0 cm³/mol. The van der Waals surface area contributed by atoms with Crippen LogP contribution < -0.4 is 11.1 Å². The molecule has 1 aromatic heterocycles. The number of carbonyl (C=O) groups excluding carboxylic acids is 1. The minimum atomic E-state index is -1.42. The van der Waals surface area contributed by atoms with E-state index in [9.17, 15) is 9.00 Å². The zero-order valence-corrected chi connectivity index (χ0v) is 12.8. The van der Waals surface area contributed by atoms with Gasteiger partial charge in [-0.1, -0.05) is 0 Å². The molecule has 2 rings (SSSR count). The van der Waals surface area contributed by atoms with Crippen LogP contribution in [-0.4, -0.2) is 15.4 Å². The monoisotopic (exact) mass is 306 g/mol. The molecule has 0 aliphatic rings. The molecule has 0 saturated carbocycles. The Morgan fingerprint density at radius 2 is 2.19 bits per heavy atom. The SMILES string of the molecule is Cc1cc(S(=O)C(C)C(=O)NCc2ccco2)ccc1N. The van der Waals surface area contributed by atoms with E-state index in [1.54, 1.807) is 43.5 Å². The first-order valence-corrected chi connectivity index (χ1v) is 7.77. The summed E-state index contributed by atoms with van der Waals surface area (Å²) in [5.74, 6) is 0.379. The molecule has 21 heavy (non-hydrogen) atoms.